The zero-order valence-electron chi connectivity index (χ0n) is 13.3. The fourth-order valence-electron chi connectivity index (χ4n) is 2.83. The summed E-state index contributed by atoms with van der Waals surface area (Å²) in [6.45, 7) is 0.771. The van der Waals surface area contributed by atoms with E-state index >= 15 is 0 Å². The lowest BCUT2D eigenvalue weighted by Crippen LogP contribution is -2.44. The molecule has 1 aromatic carbocycles. The maximum Gasteiger partial charge on any atom is 0.321 e. The van der Waals surface area contributed by atoms with Crippen molar-refractivity contribution < 1.29 is 19.5 Å². The molecule has 1 saturated heterocycles. The number of rotatable bonds is 4. The fourth-order valence-corrected chi connectivity index (χ4v) is 2.83. The van der Waals surface area contributed by atoms with E-state index in [2.05, 4.69) is 10.6 Å². The molecule has 1 aromatic rings. The lowest BCUT2D eigenvalue weighted by atomic mass is 9.99. The smallest absolute Gasteiger partial charge is 0.321 e. The number of aliphatic carboxylic acids is 1. The van der Waals surface area contributed by atoms with Crippen LogP contribution in [-0.2, 0) is 9.59 Å². The summed E-state index contributed by atoms with van der Waals surface area (Å²) >= 11 is 0. The third-order valence-electron chi connectivity index (χ3n) is 4.39. The highest BCUT2D eigenvalue weighted by Crippen LogP contribution is 2.30. The van der Waals surface area contributed by atoms with Crippen LogP contribution in [0.25, 0.3) is 0 Å². The number of carboxylic acid groups (broad SMARTS) is 1. The Bertz CT molecular complexity index is 657. The largest absolute Gasteiger partial charge is 0.481 e. The Morgan fingerprint density at radius 1 is 1.04 bits per heavy atom. The van der Waals surface area contributed by atoms with Crippen molar-refractivity contribution in [2.45, 2.75) is 25.7 Å². The molecule has 2 aliphatic rings. The normalized spacial score (nSPS) is 20.3. The molecule has 1 aliphatic carbocycles. The average Bonchev–Trinajstić information content (AvgIpc) is 3.40. The number of likely N-dealkylation sites (tertiary alicyclic amines) is 1. The van der Waals surface area contributed by atoms with E-state index in [0.717, 1.165) is 12.8 Å². The highest BCUT2D eigenvalue weighted by atomic mass is 16.4. The van der Waals surface area contributed by atoms with Crippen molar-refractivity contribution in [3.63, 3.8) is 0 Å². The number of nitrogens with zero attached hydrogens (tertiary/aromatic N) is 1. The van der Waals surface area contributed by atoms with E-state index in [1.165, 1.54) is 4.90 Å². The number of benzene rings is 1. The lowest BCUT2D eigenvalue weighted by Gasteiger charge is -2.30. The Balaban J connectivity index is 1.59. The van der Waals surface area contributed by atoms with Crippen LogP contribution in [0.4, 0.5) is 16.2 Å². The molecule has 7 heteroatoms. The van der Waals surface area contributed by atoms with E-state index in [-0.39, 0.29) is 24.4 Å². The highest BCUT2D eigenvalue weighted by molar-refractivity contribution is 5.95. The summed E-state index contributed by atoms with van der Waals surface area (Å²) < 4.78 is 0. The quantitative estimate of drug-likeness (QED) is 0.789. The highest BCUT2D eigenvalue weighted by Gasteiger charge is 2.30. The molecule has 3 rings (SSSR count). The molecular formula is C17H21N3O4. The van der Waals surface area contributed by atoms with Crippen LogP contribution < -0.4 is 10.6 Å². The molecule has 3 amide bonds. The van der Waals surface area contributed by atoms with E-state index in [0.29, 0.717) is 30.8 Å². The summed E-state index contributed by atoms with van der Waals surface area (Å²) in [6, 6.07) is 6.66. The molecule has 0 spiro atoms. The first-order valence-corrected chi connectivity index (χ1v) is 8.22. The van der Waals surface area contributed by atoms with Gasteiger partial charge in [0.1, 0.15) is 0 Å². The molecule has 0 radical (unpaired) electrons. The summed E-state index contributed by atoms with van der Waals surface area (Å²) in [5.41, 5.74) is 1.22. The SMILES string of the molecule is O=C(O)C1CCCN(C(=O)Nc2cccc(NC(=O)C3CC3)c2)C1. The molecule has 1 heterocycles. The number of carboxylic acids is 1. The predicted octanol–water partition coefficient (Wildman–Crippen LogP) is 2.36. The average molecular weight is 331 g/mol. The molecule has 1 unspecified atom stereocenters. The van der Waals surface area contributed by atoms with Gasteiger partial charge in [0.2, 0.25) is 5.91 Å². The number of nitrogens with one attached hydrogen (secondary N) is 2. The molecular weight excluding hydrogens is 310 g/mol. The fraction of sp³-hybridized carbons (Fsp3) is 0.471. The second kappa shape index (κ2) is 6.90. The van der Waals surface area contributed by atoms with Crippen LogP contribution in [-0.4, -0.2) is 41.0 Å². The maximum atomic E-state index is 12.3. The van der Waals surface area contributed by atoms with E-state index < -0.39 is 11.9 Å². The van der Waals surface area contributed by atoms with Gasteiger partial charge in [-0.3, -0.25) is 9.59 Å². The third kappa shape index (κ3) is 4.04. The Morgan fingerprint density at radius 2 is 1.75 bits per heavy atom. The Hall–Kier alpha value is -2.57. The van der Waals surface area contributed by atoms with E-state index in [4.69, 9.17) is 5.11 Å². The summed E-state index contributed by atoms with van der Waals surface area (Å²) in [4.78, 5) is 36.7. The van der Waals surface area contributed by atoms with Crippen LogP contribution >= 0.6 is 0 Å². The molecule has 3 N–H and O–H groups in total. The minimum atomic E-state index is -0.864. The van der Waals surface area contributed by atoms with Crippen molar-refractivity contribution >= 4 is 29.3 Å². The van der Waals surface area contributed by atoms with Crippen molar-refractivity contribution in [1.82, 2.24) is 4.90 Å². The van der Waals surface area contributed by atoms with Crippen LogP contribution in [0, 0.1) is 11.8 Å². The molecule has 2 fully saturated rings. The van der Waals surface area contributed by atoms with E-state index in [9.17, 15) is 14.4 Å². The second-order valence-electron chi connectivity index (χ2n) is 6.40. The number of hydrogen-bond acceptors (Lipinski definition) is 3. The van der Waals surface area contributed by atoms with Crippen molar-refractivity contribution in [3.8, 4) is 0 Å². The van der Waals surface area contributed by atoms with Gasteiger partial charge < -0.3 is 20.6 Å². The van der Waals surface area contributed by atoms with E-state index in [1.54, 1.807) is 24.3 Å². The van der Waals surface area contributed by atoms with Crippen LogP contribution in [0.1, 0.15) is 25.7 Å². The topological polar surface area (TPSA) is 98.7 Å². The number of urea groups is 1. The number of carbonyl (C=O) groups is 3. The Labute approximate surface area is 140 Å². The van der Waals surface area contributed by atoms with Crippen molar-refractivity contribution in [3.05, 3.63) is 24.3 Å². The first-order chi connectivity index (χ1) is 11.5. The summed E-state index contributed by atoms with van der Waals surface area (Å²) in [5.74, 6) is -1.24. The monoisotopic (exact) mass is 331 g/mol. The van der Waals surface area contributed by atoms with Crippen molar-refractivity contribution in [2.75, 3.05) is 23.7 Å². The van der Waals surface area contributed by atoms with Crippen molar-refractivity contribution in [2.24, 2.45) is 11.8 Å². The minimum absolute atomic E-state index is 0.0128. The van der Waals surface area contributed by atoms with Gasteiger partial charge in [0.15, 0.2) is 0 Å². The Kier molecular flexibility index (Phi) is 4.69. The van der Waals surface area contributed by atoms with Gasteiger partial charge >= 0.3 is 12.0 Å². The molecule has 1 saturated carbocycles. The van der Waals surface area contributed by atoms with Gasteiger partial charge in [0.25, 0.3) is 0 Å². The van der Waals surface area contributed by atoms with Gasteiger partial charge in [-0.05, 0) is 43.9 Å². The summed E-state index contributed by atoms with van der Waals surface area (Å²) in [5, 5.41) is 14.7. The minimum Gasteiger partial charge on any atom is -0.481 e. The van der Waals surface area contributed by atoms with Gasteiger partial charge in [-0.1, -0.05) is 6.07 Å². The van der Waals surface area contributed by atoms with Crippen LogP contribution in [0.3, 0.4) is 0 Å². The zero-order valence-corrected chi connectivity index (χ0v) is 13.3. The first-order valence-electron chi connectivity index (χ1n) is 8.22. The molecule has 0 bridgehead atoms. The van der Waals surface area contributed by atoms with E-state index in [1.807, 2.05) is 0 Å². The van der Waals surface area contributed by atoms with Gasteiger partial charge in [0.05, 0.1) is 5.92 Å². The lowest BCUT2D eigenvalue weighted by molar-refractivity contribution is -0.143. The number of hydrogen-bond donors (Lipinski definition) is 3. The zero-order chi connectivity index (χ0) is 17.1. The molecule has 1 aliphatic heterocycles. The number of amides is 3. The standard InChI is InChI=1S/C17H21N3O4/c21-15(11-6-7-11)18-13-4-1-5-14(9-13)19-17(24)20-8-2-3-12(10-20)16(22)23/h1,4-5,9,11-12H,2-3,6-8,10H2,(H,18,21)(H,19,24)(H,22,23). The molecule has 0 aromatic heterocycles. The van der Waals surface area contributed by atoms with Gasteiger partial charge in [-0.2, -0.15) is 0 Å². The Morgan fingerprint density at radius 3 is 2.42 bits per heavy atom. The summed E-state index contributed by atoms with van der Waals surface area (Å²) in [7, 11) is 0. The first kappa shape index (κ1) is 16.3. The molecule has 7 nitrogen and oxygen atoms in total. The maximum absolute atomic E-state index is 12.3. The van der Waals surface area contributed by atoms with Crippen molar-refractivity contribution in [1.29, 1.82) is 0 Å². The summed E-state index contributed by atoms with van der Waals surface area (Å²) in [6.07, 6.45) is 3.15. The van der Waals surface area contributed by atoms with Crippen LogP contribution in [0.5, 0.6) is 0 Å². The third-order valence-corrected chi connectivity index (χ3v) is 4.39. The molecule has 128 valence electrons. The molecule has 24 heavy (non-hydrogen) atoms. The molecule has 1 atom stereocenters. The number of carbonyl (C=O) groups excluding carboxylic acids is 2. The number of piperidine rings is 1. The predicted molar refractivity (Wildman–Crippen MR) is 88.7 cm³/mol. The van der Waals surface area contributed by atoms with Crippen LogP contribution in [0.15, 0.2) is 24.3 Å². The number of anilines is 2. The van der Waals surface area contributed by atoms with Crippen LogP contribution in [0.2, 0.25) is 0 Å². The van der Waals surface area contributed by atoms with Gasteiger partial charge in [-0.15, -0.1) is 0 Å². The second-order valence-corrected chi connectivity index (χ2v) is 6.40. The van der Waals surface area contributed by atoms with Gasteiger partial charge in [0, 0.05) is 30.4 Å². The van der Waals surface area contributed by atoms with Gasteiger partial charge in [-0.25, -0.2) is 4.79 Å².